The molecule has 3 rings (SSSR count). The van der Waals surface area contributed by atoms with Gasteiger partial charge in [-0.05, 0) is 31.0 Å². The van der Waals surface area contributed by atoms with Crippen LogP contribution >= 0.6 is 0 Å². The third kappa shape index (κ3) is 4.81. The zero-order valence-electron chi connectivity index (χ0n) is 18.7. The third-order valence-corrected chi connectivity index (χ3v) is 5.28. The van der Waals surface area contributed by atoms with Crippen molar-refractivity contribution < 1.29 is 33.4 Å². The van der Waals surface area contributed by atoms with Gasteiger partial charge in [-0.2, -0.15) is 0 Å². The maximum atomic E-state index is 12.9. The highest BCUT2D eigenvalue weighted by atomic mass is 16.5. The lowest BCUT2D eigenvalue weighted by molar-refractivity contribution is -0.143. The van der Waals surface area contributed by atoms with E-state index in [0.717, 1.165) is 16.2 Å². The van der Waals surface area contributed by atoms with Crippen LogP contribution in [0.3, 0.4) is 0 Å². The van der Waals surface area contributed by atoms with Gasteiger partial charge in [0.1, 0.15) is 5.75 Å². The quantitative estimate of drug-likeness (QED) is 0.325. The summed E-state index contributed by atoms with van der Waals surface area (Å²) in [6, 6.07) is 4.36. The molecule has 0 bridgehead atoms. The maximum absolute atomic E-state index is 12.9. The van der Waals surface area contributed by atoms with Crippen LogP contribution in [0.25, 0.3) is 0 Å². The number of esters is 1. The summed E-state index contributed by atoms with van der Waals surface area (Å²) in [7, 11) is 1.51. The van der Waals surface area contributed by atoms with Gasteiger partial charge in [0.2, 0.25) is 0 Å². The molecular formula is C22H26N4O7. The summed E-state index contributed by atoms with van der Waals surface area (Å²) in [5.41, 5.74) is 0.595. The molecular weight excluding hydrogens is 432 g/mol. The van der Waals surface area contributed by atoms with Crippen molar-refractivity contribution in [3.63, 3.8) is 0 Å². The minimum absolute atomic E-state index is 0.00450. The Bertz CT molecular complexity index is 1000. The Morgan fingerprint density at radius 3 is 2.30 bits per heavy atom. The van der Waals surface area contributed by atoms with Gasteiger partial charge in [0, 0.05) is 6.54 Å². The highest BCUT2D eigenvalue weighted by molar-refractivity contribution is 6.44. The zero-order chi connectivity index (χ0) is 24.1. The van der Waals surface area contributed by atoms with Crippen LogP contribution in [0, 0.1) is 0 Å². The molecule has 2 aliphatic heterocycles. The molecule has 1 saturated heterocycles. The van der Waals surface area contributed by atoms with E-state index in [-0.39, 0.29) is 24.4 Å². The molecule has 176 valence electrons. The lowest BCUT2D eigenvalue weighted by atomic mass is 9.95. The van der Waals surface area contributed by atoms with Gasteiger partial charge >= 0.3 is 29.8 Å². The van der Waals surface area contributed by atoms with E-state index in [4.69, 9.17) is 9.47 Å². The molecule has 2 heterocycles. The van der Waals surface area contributed by atoms with Gasteiger partial charge in [-0.25, -0.2) is 19.3 Å². The minimum Gasteiger partial charge on any atom is -0.497 e. The summed E-state index contributed by atoms with van der Waals surface area (Å²) in [6.07, 6.45) is 1.28. The summed E-state index contributed by atoms with van der Waals surface area (Å²) < 4.78 is 10.3. The van der Waals surface area contributed by atoms with Gasteiger partial charge in [0.25, 0.3) is 0 Å². The number of methoxy groups -OCH3 is 1. The van der Waals surface area contributed by atoms with Crippen LogP contribution in [-0.2, 0) is 19.1 Å². The molecule has 1 aromatic rings. The molecule has 6 amide bonds. The van der Waals surface area contributed by atoms with Crippen molar-refractivity contribution in [1.29, 1.82) is 0 Å². The van der Waals surface area contributed by atoms with Crippen LogP contribution in [0.15, 0.2) is 35.5 Å². The normalized spacial score (nSPS) is 18.5. The molecule has 1 fully saturated rings. The average Bonchev–Trinajstić information content (AvgIpc) is 3.00. The first-order chi connectivity index (χ1) is 15.8. The third-order valence-electron chi connectivity index (χ3n) is 5.28. The van der Waals surface area contributed by atoms with E-state index in [1.54, 1.807) is 31.2 Å². The van der Waals surface area contributed by atoms with Crippen molar-refractivity contribution in [2.24, 2.45) is 0 Å². The Morgan fingerprint density at radius 1 is 1.03 bits per heavy atom. The number of imide groups is 2. The van der Waals surface area contributed by atoms with Crippen LogP contribution in [0.4, 0.5) is 9.59 Å². The molecule has 1 unspecified atom stereocenters. The second-order valence-electron chi connectivity index (χ2n) is 7.40. The Balaban J connectivity index is 2.00. The first kappa shape index (κ1) is 23.8. The highest BCUT2D eigenvalue weighted by Crippen LogP contribution is 2.30. The Kier molecular flexibility index (Phi) is 7.31. The van der Waals surface area contributed by atoms with Crippen molar-refractivity contribution in [2.45, 2.75) is 32.7 Å². The summed E-state index contributed by atoms with van der Waals surface area (Å²) >= 11 is 0. The van der Waals surface area contributed by atoms with Gasteiger partial charge < -0.3 is 20.1 Å². The molecule has 0 spiro atoms. The summed E-state index contributed by atoms with van der Waals surface area (Å²) in [4.78, 5) is 64.4. The van der Waals surface area contributed by atoms with Crippen LogP contribution < -0.4 is 15.4 Å². The SMILES string of the molecule is CCCCN1C(=O)C(=O)N(CC2=C(C(=O)OCC)C(c3ccc(OC)cc3)NC(=O)N2)C1=O. The fourth-order valence-electron chi connectivity index (χ4n) is 3.60. The van der Waals surface area contributed by atoms with E-state index in [2.05, 4.69) is 10.6 Å². The number of nitrogens with one attached hydrogen (secondary N) is 2. The highest BCUT2D eigenvalue weighted by Gasteiger charge is 2.45. The number of benzene rings is 1. The second-order valence-corrected chi connectivity index (χ2v) is 7.40. The van der Waals surface area contributed by atoms with Gasteiger partial charge in [-0.1, -0.05) is 25.5 Å². The maximum Gasteiger partial charge on any atom is 0.338 e. The topological polar surface area (TPSA) is 134 Å². The lowest BCUT2D eigenvalue weighted by Gasteiger charge is -2.30. The summed E-state index contributed by atoms with van der Waals surface area (Å²) in [5.74, 6) is -2.09. The smallest absolute Gasteiger partial charge is 0.338 e. The molecule has 2 aliphatic rings. The van der Waals surface area contributed by atoms with E-state index in [1.165, 1.54) is 7.11 Å². The lowest BCUT2D eigenvalue weighted by Crippen LogP contribution is -2.49. The molecule has 0 saturated carbocycles. The van der Waals surface area contributed by atoms with Gasteiger partial charge in [0.15, 0.2) is 0 Å². The van der Waals surface area contributed by atoms with Crippen molar-refractivity contribution in [2.75, 3.05) is 26.8 Å². The number of ether oxygens (including phenoxy) is 2. The number of carbonyl (C=O) groups is 5. The summed E-state index contributed by atoms with van der Waals surface area (Å²) in [5, 5.41) is 5.16. The molecule has 0 radical (unpaired) electrons. The number of hydrogen-bond acceptors (Lipinski definition) is 7. The fraction of sp³-hybridized carbons (Fsp3) is 0.409. The molecule has 11 heteroatoms. The number of nitrogens with zero attached hydrogens (tertiary/aromatic N) is 2. The number of unbranched alkanes of at least 4 members (excludes halogenated alkanes) is 1. The van der Waals surface area contributed by atoms with Crippen molar-refractivity contribution >= 4 is 29.8 Å². The number of rotatable bonds is 9. The van der Waals surface area contributed by atoms with Gasteiger partial charge in [-0.3, -0.25) is 14.5 Å². The second kappa shape index (κ2) is 10.2. The molecule has 1 aromatic carbocycles. The number of amides is 6. The molecule has 1 atom stereocenters. The minimum atomic E-state index is -1.01. The molecule has 0 aromatic heterocycles. The molecule has 0 aliphatic carbocycles. The van der Waals surface area contributed by atoms with Gasteiger partial charge in [-0.15, -0.1) is 0 Å². The largest absolute Gasteiger partial charge is 0.497 e. The number of carbonyl (C=O) groups excluding carboxylic acids is 5. The Labute approximate surface area is 190 Å². The van der Waals surface area contributed by atoms with E-state index in [0.29, 0.717) is 17.7 Å². The van der Waals surface area contributed by atoms with Crippen molar-refractivity contribution in [1.82, 2.24) is 20.4 Å². The number of hydrogen-bond donors (Lipinski definition) is 2. The first-order valence-corrected chi connectivity index (χ1v) is 10.6. The van der Waals surface area contributed by atoms with E-state index < -0.39 is 42.4 Å². The average molecular weight is 458 g/mol. The Hall–Kier alpha value is -3.89. The van der Waals surface area contributed by atoms with E-state index in [1.807, 2.05) is 6.92 Å². The number of urea groups is 2. The molecule has 11 nitrogen and oxygen atoms in total. The monoisotopic (exact) mass is 458 g/mol. The van der Waals surface area contributed by atoms with Crippen LogP contribution in [0.1, 0.15) is 38.3 Å². The summed E-state index contributed by atoms with van der Waals surface area (Å²) in [6.45, 7) is 3.25. The van der Waals surface area contributed by atoms with Crippen LogP contribution in [-0.4, -0.2) is 66.5 Å². The predicted molar refractivity (Wildman–Crippen MR) is 115 cm³/mol. The van der Waals surface area contributed by atoms with E-state index >= 15 is 0 Å². The zero-order valence-corrected chi connectivity index (χ0v) is 18.7. The Morgan fingerprint density at radius 2 is 1.70 bits per heavy atom. The fourth-order valence-corrected chi connectivity index (χ4v) is 3.60. The van der Waals surface area contributed by atoms with Crippen LogP contribution in [0.5, 0.6) is 5.75 Å². The molecule has 33 heavy (non-hydrogen) atoms. The standard InChI is InChI=1S/C22H26N4O7/c1-4-6-11-25-18(27)19(28)26(22(25)31)12-15-16(20(29)33-5-2)17(24-21(30)23-15)13-7-9-14(32-3)10-8-13/h7-10,17H,4-6,11-12H2,1-3H3,(H2,23,24,30). The van der Waals surface area contributed by atoms with Gasteiger partial charge in [0.05, 0.1) is 37.6 Å². The molecule has 2 N–H and O–H groups in total. The van der Waals surface area contributed by atoms with E-state index in [9.17, 15) is 24.0 Å². The van der Waals surface area contributed by atoms with Crippen LogP contribution in [0.2, 0.25) is 0 Å². The predicted octanol–water partition coefficient (Wildman–Crippen LogP) is 1.46. The van der Waals surface area contributed by atoms with Crippen molar-refractivity contribution in [3.8, 4) is 5.75 Å². The van der Waals surface area contributed by atoms with Crippen molar-refractivity contribution in [3.05, 3.63) is 41.1 Å². The first-order valence-electron chi connectivity index (χ1n) is 10.6.